The van der Waals surface area contributed by atoms with Gasteiger partial charge in [0.05, 0.1) is 6.10 Å². The number of hydrogen-bond acceptors (Lipinski definition) is 2. The van der Waals surface area contributed by atoms with Crippen molar-refractivity contribution in [3.8, 4) is 0 Å². The summed E-state index contributed by atoms with van der Waals surface area (Å²) >= 11 is 0. The lowest BCUT2D eigenvalue weighted by atomic mass is 9.50. The van der Waals surface area contributed by atoms with Crippen molar-refractivity contribution in [1.82, 2.24) is 0 Å². The van der Waals surface area contributed by atoms with Gasteiger partial charge < -0.3 is 5.11 Å². The van der Waals surface area contributed by atoms with Crippen molar-refractivity contribution >= 4 is 5.78 Å². The maximum absolute atomic E-state index is 11.8. The fraction of sp³-hybridized carbons (Fsp3) is 0.842. The maximum Gasteiger partial charge on any atom is 0.136 e. The molecule has 114 valence electrons. The fourth-order valence-electron chi connectivity index (χ4n) is 7.32. The Morgan fingerprint density at radius 3 is 3.05 bits per heavy atom. The molecule has 21 heavy (non-hydrogen) atoms. The standard InChI is InChI=1S/C19H26O2/c1-18-7-6-15-14-4-3-13(20)8-11(14)2-5-16(15)19(18)10-12(19)9-17(18)21/h2,12,14-17,21H,3-10H2,1H3/t12-,14+,15-,16-,17+,18-,19+/m1/s1. The Kier molecular flexibility index (Phi) is 2.34. The van der Waals surface area contributed by atoms with Gasteiger partial charge in [-0.2, -0.15) is 0 Å². The smallest absolute Gasteiger partial charge is 0.136 e. The van der Waals surface area contributed by atoms with Gasteiger partial charge in [0.1, 0.15) is 5.78 Å². The van der Waals surface area contributed by atoms with Crippen molar-refractivity contribution in [1.29, 1.82) is 0 Å². The van der Waals surface area contributed by atoms with Gasteiger partial charge >= 0.3 is 0 Å². The van der Waals surface area contributed by atoms with Crippen LogP contribution >= 0.6 is 0 Å². The van der Waals surface area contributed by atoms with E-state index < -0.39 is 0 Å². The summed E-state index contributed by atoms with van der Waals surface area (Å²) in [4.78, 5) is 11.8. The summed E-state index contributed by atoms with van der Waals surface area (Å²) in [7, 11) is 0. The fourth-order valence-corrected chi connectivity index (χ4v) is 7.32. The molecule has 0 aromatic rings. The van der Waals surface area contributed by atoms with E-state index in [1.54, 1.807) is 0 Å². The number of fused-ring (bicyclic) bond motifs is 3. The van der Waals surface area contributed by atoms with Crippen LogP contribution in [0.1, 0.15) is 58.3 Å². The van der Waals surface area contributed by atoms with Gasteiger partial charge in [-0.25, -0.2) is 0 Å². The summed E-state index contributed by atoms with van der Waals surface area (Å²) in [5.41, 5.74) is 2.12. The van der Waals surface area contributed by atoms with Crippen LogP contribution in [-0.2, 0) is 4.79 Å². The molecular weight excluding hydrogens is 260 g/mol. The zero-order valence-electron chi connectivity index (χ0n) is 13.0. The Morgan fingerprint density at radius 1 is 1.33 bits per heavy atom. The summed E-state index contributed by atoms with van der Waals surface area (Å²) < 4.78 is 0. The number of Topliss-reactive ketones (excluding diaryl/α,β-unsaturated/α-hetero) is 1. The highest BCUT2D eigenvalue weighted by Crippen LogP contribution is 2.81. The molecule has 0 aromatic carbocycles. The third kappa shape index (κ3) is 1.37. The van der Waals surface area contributed by atoms with Crippen molar-refractivity contribution in [3.63, 3.8) is 0 Å². The Morgan fingerprint density at radius 2 is 2.19 bits per heavy atom. The lowest BCUT2D eigenvalue weighted by molar-refractivity contribution is -0.121. The van der Waals surface area contributed by atoms with E-state index in [1.165, 1.54) is 31.3 Å². The van der Waals surface area contributed by atoms with E-state index in [4.69, 9.17) is 0 Å². The van der Waals surface area contributed by atoms with Crippen LogP contribution in [0.25, 0.3) is 0 Å². The van der Waals surface area contributed by atoms with Crippen LogP contribution in [0.4, 0.5) is 0 Å². The van der Waals surface area contributed by atoms with Crippen LogP contribution in [-0.4, -0.2) is 17.0 Å². The normalized spacial score (nSPS) is 57.7. The SMILES string of the molecule is C[C@]12CC[C@H]3[C@@H](CC=C4CC(=O)CC[C@@H]43)[C@@]13C[C@H]3C[C@@H]2O. The van der Waals surface area contributed by atoms with Crippen LogP contribution in [0.15, 0.2) is 11.6 Å². The number of aliphatic hydroxyl groups excluding tert-OH is 1. The first-order valence-electron chi connectivity index (χ1n) is 8.95. The van der Waals surface area contributed by atoms with Crippen LogP contribution < -0.4 is 0 Å². The number of hydrogen-bond donors (Lipinski definition) is 1. The number of allylic oxidation sites excluding steroid dienone is 2. The minimum absolute atomic E-state index is 0.0597. The number of carbonyl (C=O) groups excluding carboxylic acids is 1. The molecule has 7 atom stereocenters. The monoisotopic (exact) mass is 286 g/mol. The molecule has 0 heterocycles. The molecule has 0 radical (unpaired) electrons. The van der Waals surface area contributed by atoms with Gasteiger partial charge in [-0.05, 0) is 73.0 Å². The van der Waals surface area contributed by atoms with Crippen LogP contribution in [0.3, 0.4) is 0 Å². The molecular formula is C19H26O2. The molecule has 0 aromatic heterocycles. The number of ketones is 1. The van der Waals surface area contributed by atoms with Gasteiger partial charge in [0, 0.05) is 12.8 Å². The zero-order chi connectivity index (χ0) is 14.4. The van der Waals surface area contributed by atoms with E-state index >= 15 is 0 Å². The first-order chi connectivity index (χ1) is 10.1. The molecule has 0 bridgehead atoms. The molecule has 5 rings (SSSR count). The van der Waals surface area contributed by atoms with E-state index in [0.29, 0.717) is 17.1 Å². The van der Waals surface area contributed by atoms with Gasteiger partial charge in [-0.3, -0.25) is 4.79 Å². The highest BCUT2D eigenvalue weighted by atomic mass is 16.3. The predicted octanol–water partition coefficient (Wildman–Crippen LogP) is 3.49. The number of rotatable bonds is 0. The molecule has 0 unspecified atom stereocenters. The summed E-state index contributed by atoms with van der Waals surface area (Å²) in [6.07, 6.45) is 11.1. The minimum atomic E-state index is -0.0597. The second-order valence-electron chi connectivity index (χ2n) is 8.79. The third-order valence-corrected chi connectivity index (χ3v) is 8.40. The van der Waals surface area contributed by atoms with Crippen LogP contribution in [0, 0.1) is 34.5 Å². The molecule has 0 aliphatic heterocycles. The summed E-state index contributed by atoms with van der Waals surface area (Å²) in [5, 5.41) is 10.6. The minimum Gasteiger partial charge on any atom is -0.393 e. The van der Waals surface area contributed by atoms with E-state index in [2.05, 4.69) is 13.0 Å². The first kappa shape index (κ1) is 12.9. The number of aliphatic hydroxyl groups is 1. The largest absolute Gasteiger partial charge is 0.393 e. The second-order valence-corrected chi connectivity index (χ2v) is 8.79. The lowest BCUT2D eigenvalue weighted by Crippen LogP contribution is -2.50. The van der Waals surface area contributed by atoms with Gasteiger partial charge in [-0.1, -0.05) is 18.6 Å². The zero-order valence-corrected chi connectivity index (χ0v) is 13.0. The first-order valence-corrected chi connectivity index (χ1v) is 8.95. The van der Waals surface area contributed by atoms with Crippen molar-refractivity contribution in [2.24, 2.45) is 34.5 Å². The van der Waals surface area contributed by atoms with E-state index in [9.17, 15) is 9.90 Å². The van der Waals surface area contributed by atoms with Gasteiger partial charge in [0.15, 0.2) is 0 Å². The topological polar surface area (TPSA) is 37.3 Å². The maximum atomic E-state index is 11.8. The van der Waals surface area contributed by atoms with Crippen molar-refractivity contribution < 1.29 is 9.90 Å². The van der Waals surface area contributed by atoms with Crippen molar-refractivity contribution in [3.05, 3.63) is 11.6 Å². The van der Waals surface area contributed by atoms with Gasteiger partial charge in [-0.15, -0.1) is 0 Å². The molecule has 2 nitrogen and oxygen atoms in total. The highest BCUT2D eigenvalue weighted by Gasteiger charge is 2.76. The summed E-state index contributed by atoms with van der Waals surface area (Å²) in [5.74, 6) is 3.54. The van der Waals surface area contributed by atoms with Crippen LogP contribution in [0.5, 0.6) is 0 Å². The quantitative estimate of drug-likeness (QED) is 0.692. The molecule has 4 saturated carbocycles. The van der Waals surface area contributed by atoms with E-state index in [1.807, 2.05) is 0 Å². The highest BCUT2D eigenvalue weighted by molar-refractivity contribution is 5.82. The lowest BCUT2D eigenvalue weighted by Gasteiger charge is -2.54. The van der Waals surface area contributed by atoms with E-state index in [0.717, 1.165) is 43.4 Å². The molecule has 4 fully saturated rings. The Labute approximate surface area is 127 Å². The molecule has 0 saturated heterocycles. The summed E-state index contributed by atoms with van der Waals surface area (Å²) in [6, 6.07) is 0. The van der Waals surface area contributed by atoms with Crippen LogP contribution in [0.2, 0.25) is 0 Å². The average Bonchev–Trinajstić information content (AvgIpc) is 3.12. The van der Waals surface area contributed by atoms with Crippen molar-refractivity contribution in [2.75, 3.05) is 0 Å². The Balaban J connectivity index is 1.53. The molecule has 0 amide bonds. The molecule has 2 heteroatoms. The Bertz CT molecular complexity index is 550. The van der Waals surface area contributed by atoms with Gasteiger partial charge in [0.25, 0.3) is 0 Å². The molecule has 5 aliphatic rings. The molecule has 5 aliphatic carbocycles. The number of carbonyl (C=O) groups is 1. The average molecular weight is 286 g/mol. The molecule has 1 spiro atoms. The summed E-state index contributed by atoms with van der Waals surface area (Å²) in [6.45, 7) is 2.38. The van der Waals surface area contributed by atoms with Crippen molar-refractivity contribution in [2.45, 2.75) is 64.4 Å². The van der Waals surface area contributed by atoms with Gasteiger partial charge in [0.2, 0.25) is 0 Å². The van der Waals surface area contributed by atoms with E-state index in [-0.39, 0.29) is 11.5 Å². The second kappa shape index (κ2) is 3.82. The predicted molar refractivity (Wildman–Crippen MR) is 80.5 cm³/mol. The Hall–Kier alpha value is -0.630. The third-order valence-electron chi connectivity index (χ3n) is 8.40. The molecule has 1 N–H and O–H groups in total.